The molecule has 0 atom stereocenters. The third-order valence-corrected chi connectivity index (χ3v) is 2.09. The molecule has 100 valence electrons. The summed E-state index contributed by atoms with van der Waals surface area (Å²) in [6.07, 6.45) is 9.29. The van der Waals surface area contributed by atoms with Gasteiger partial charge < -0.3 is 14.9 Å². The molecule has 0 unspecified atom stereocenters. The first kappa shape index (κ1) is 18.3. The van der Waals surface area contributed by atoms with Crippen LogP contribution in [-0.2, 0) is 4.74 Å². The SMILES string of the molecule is CCCCCCCCOCCC.OCCO. The van der Waals surface area contributed by atoms with Crippen molar-refractivity contribution in [2.75, 3.05) is 26.4 Å². The molecular formula is C13H30O3. The van der Waals surface area contributed by atoms with Crippen molar-refractivity contribution in [1.82, 2.24) is 0 Å². The Hall–Kier alpha value is -0.120. The molecule has 0 spiro atoms. The average Bonchev–Trinajstić information content (AvgIpc) is 2.33. The summed E-state index contributed by atoms with van der Waals surface area (Å²) in [6.45, 7) is 6.07. The molecule has 0 aromatic heterocycles. The molecule has 3 heteroatoms. The van der Waals surface area contributed by atoms with Gasteiger partial charge in [-0.25, -0.2) is 0 Å². The molecule has 0 aromatic rings. The van der Waals surface area contributed by atoms with Crippen LogP contribution in [-0.4, -0.2) is 36.6 Å². The highest BCUT2D eigenvalue weighted by Gasteiger charge is 1.89. The fourth-order valence-corrected chi connectivity index (χ4v) is 1.23. The second kappa shape index (κ2) is 20.3. The van der Waals surface area contributed by atoms with Crippen LogP contribution in [0.25, 0.3) is 0 Å². The highest BCUT2D eigenvalue weighted by atomic mass is 16.5. The number of ether oxygens (including phenoxy) is 1. The Morgan fingerprint density at radius 3 is 1.75 bits per heavy atom. The zero-order valence-corrected chi connectivity index (χ0v) is 11.1. The first-order valence-electron chi connectivity index (χ1n) is 6.62. The van der Waals surface area contributed by atoms with Crippen LogP contribution in [0.1, 0.15) is 58.8 Å². The lowest BCUT2D eigenvalue weighted by Crippen LogP contribution is -1.95. The van der Waals surface area contributed by atoms with Crippen molar-refractivity contribution in [2.24, 2.45) is 0 Å². The first-order chi connectivity index (χ1) is 7.83. The molecule has 0 aromatic carbocycles. The summed E-state index contributed by atoms with van der Waals surface area (Å²) in [5, 5.41) is 15.2. The zero-order valence-electron chi connectivity index (χ0n) is 11.1. The van der Waals surface area contributed by atoms with E-state index in [1.807, 2.05) is 0 Å². The second-order valence-electron chi connectivity index (χ2n) is 3.83. The van der Waals surface area contributed by atoms with E-state index in [9.17, 15) is 0 Å². The van der Waals surface area contributed by atoms with Gasteiger partial charge in [0.25, 0.3) is 0 Å². The Kier molecular flexibility index (Phi) is 23.2. The van der Waals surface area contributed by atoms with Gasteiger partial charge >= 0.3 is 0 Å². The van der Waals surface area contributed by atoms with Crippen LogP contribution < -0.4 is 0 Å². The lowest BCUT2D eigenvalue weighted by atomic mass is 10.1. The average molecular weight is 234 g/mol. The normalized spacial score (nSPS) is 9.75. The van der Waals surface area contributed by atoms with Gasteiger partial charge in [0.1, 0.15) is 0 Å². The number of rotatable bonds is 10. The van der Waals surface area contributed by atoms with Crippen LogP contribution in [0.3, 0.4) is 0 Å². The molecule has 0 aliphatic rings. The predicted molar refractivity (Wildman–Crippen MR) is 68.7 cm³/mol. The quantitative estimate of drug-likeness (QED) is 0.571. The van der Waals surface area contributed by atoms with Gasteiger partial charge in [0, 0.05) is 13.2 Å². The molecule has 0 bridgehead atoms. The molecule has 0 saturated heterocycles. The third-order valence-electron chi connectivity index (χ3n) is 2.09. The minimum absolute atomic E-state index is 0.125. The van der Waals surface area contributed by atoms with E-state index in [2.05, 4.69) is 13.8 Å². The first-order valence-corrected chi connectivity index (χ1v) is 6.62. The maximum absolute atomic E-state index is 7.62. The summed E-state index contributed by atoms with van der Waals surface area (Å²) in [7, 11) is 0. The Morgan fingerprint density at radius 1 is 0.688 bits per heavy atom. The molecule has 3 nitrogen and oxygen atoms in total. The Balaban J connectivity index is 0. The number of aliphatic hydroxyl groups excluding tert-OH is 2. The molecule has 16 heavy (non-hydrogen) atoms. The van der Waals surface area contributed by atoms with Crippen molar-refractivity contribution in [3.8, 4) is 0 Å². The van der Waals surface area contributed by atoms with Crippen molar-refractivity contribution in [3.05, 3.63) is 0 Å². The topological polar surface area (TPSA) is 49.7 Å². The van der Waals surface area contributed by atoms with E-state index in [0.717, 1.165) is 19.6 Å². The standard InChI is InChI=1S/C11H24O.C2H6O2/c1-3-5-6-7-8-9-11-12-10-4-2;3-1-2-4/h3-11H2,1-2H3;3-4H,1-2H2. The van der Waals surface area contributed by atoms with Gasteiger partial charge in [-0.2, -0.15) is 0 Å². The lowest BCUT2D eigenvalue weighted by molar-refractivity contribution is 0.130. The van der Waals surface area contributed by atoms with Crippen molar-refractivity contribution < 1.29 is 14.9 Å². The van der Waals surface area contributed by atoms with E-state index in [4.69, 9.17) is 14.9 Å². The molecule has 0 fully saturated rings. The largest absolute Gasteiger partial charge is 0.394 e. The highest BCUT2D eigenvalue weighted by Crippen LogP contribution is 2.04. The number of hydrogen-bond acceptors (Lipinski definition) is 3. The zero-order chi connectivity index (χ0) is 12.5. The molecule has 0 rings (SSSR count). The van der Waals surface area contributed by atoms with Gasteiger partial charge in [-0.1, -0.05) is 46.0 Å². The van der Waals surface area contributed by atoms with E-state index in [1.165, 1.54) is 38.5 Å². The van der Waals surface area contributed by atoms with Crippen LogP contribution in [0, 0.1) is 0 Å². The molecule has 0 aliphatic heterocycles. The number of hydrogen-bond donors (Lipinski definition) is 2. The van der Waals surface area contributed by atoms with E-state index in [0.29, 0.717) is 0 Å². The Morgan fingerprint density at radius 2 is 1.25 bits per heavy atom. The molecule has 0 heterocycles. The van der Waals surface area contributed by atoms with E-state index >= 15 is 0 Å². The number of aliphatic hydroxyl groups is 2. The summed E-state index contributed by atoms with van der Waals surface area (Å²) >= 11 is 0. The molecule has 2 N–H and O–H groups in total. The second-order valence-corrected chi connectivity index (χ2v) is 3.83. The monoisotopic (exact) mass is 234 g/mol. The summed E-state index contributed by atoms with van der Waals surface area (Å²) in [6, 6.07) is 0. The minimum atomic E-state index is -0.125. The maximum Gasteiger partial charge on any atom is 0.0662 e. The Bertz CT molecular complexity index is 85.2. The Labute approximate surface area is 101 Å². The molecule has 0 saturated carbocycles. The van der Waals surface area contributed by atoms with Crippen molar-refractivity contribution in [3.63, 3.8) is 0 Å². The summed E-state index contributed by atoms with van der Waals surface area (Å²) in [5.41, 5.74) is 0. The molecule has 0 radical (unpaired) electrons. The minimum Gasteiger partial charge on any atom is -0.394 e. The lowest BCUT2D eigenvalue weighted by Gasteiger charge is -2.01. The highest BCUT2D eigenvalue weighted by molar-refractivity contribution is 4.43. The van der Waals surface area contributed by atoms with Crippen LogP contribution >= 0.6 is 0 Å². The third kappa shape index (κ3) is 23.6. The van der Waals surface area contributed by atoms with Crippen LogP contribution in [0.15, 0.2) is 0 Å². The summed E-state index contributed by atoms with van der Waals surface area (Å²) in [5.74, 6) is 0. The molecule has 0 amide bonds. The van der Waals surface area contributed by atoms with E-state index in [1.54, 1.807) is 0 Å². The molecule has 0 aliphatic carbocycles. The summed E-state index contributed by atoms with van der Waals surface area (Å²) in [4.78, 5) is 0. The van der Waals surface area contributed by atoms with Crippen molar-refractivity contribution in [1.29, 1.82) is 0 Å². The van der Waals surface area contributed by atoms with Gasteiger partial charge in [-0.15, -0.1) is 0 Å². The summed E-state index contributed by atoms with van der Waals surface area (Å²) < 4.78 is 5.39. The van der Waals surface area contributed by atoms with Gasteiger partial charge in [0.2, 0.25) is 0 Å². The van der Waals surface area contributed by atoms with E-state index < -0.39 is 0 Å². The van der Waals surface area contributed by atoms with Gasteiger partial charge in [0.05, 0.1) is 13.2 Å². The maximum atomic E-state index is 7.62. The van der Waals surface area contributed by atoms with Crippen LogP contribution in [0.2, 0.25) is 0 Å². The van der Waals surface area contributed by atoms with Gasteiger partial charge in [0.15, 0.2) is 0 Å². The van der Waals surface area contributed by atoms with Crippen LogP contribution in [0.5, 0.6) is 0 Å². The smallest absolute Gasteiger partial charge is 0.0662 e. The predicted octanol–water partition coefficient (Wildman–Crippen LogP) is 2.74. The van der Waals surface area contributed by atoms with Gasteiger partial charge in [-0.05, 0) is 12.8 Å². The van der Waals surface area contributed by atoms with Crippen LogP contribution in [0.4, 0.5) is 0 Å². The van der Waals surface area contributed by atoms with Gasteiger partial charge in [-0.3, -0.25) is 0 Å². The van der Waals surface area contributed by atoms with Crippen molar-refractivity contribution in [2.45, 2.75) is 58.8 Å². The fourth-order valence-electron chi connectivity index (χ4n) is 1.23. The fraction of sp³-hybridized carbons (Fsp3) is 1.00. The van der Waals surface area contributed by atoms with E-state index in [-0.39, 0.29) is 13.2 Å². The van der Waals surface area contributed by atoms with Crippen molar-refractivity contribution >= 4 is 0 Å². The molecular weight excluding hydrogens is 204 g/mol. The number of unbranched alkanes of at least 4 members (excludes halogenated alkanes) is 5.